The van der Waals surface area contributed by atoms with E-state index >= 15 is 0 Å². The van der Waals surface area contributed by atoms with E-state index in [1.54, 1.807) is 12.3 Å². The van der Waals surface area contributed by atoms with Crippen molar-refractivity contribution in [3.05, 3.63) is 59.8 Å². The van der Waals surface area contributed by atoms with Crippen molar-refractivity contribution in [3.8, 4) is 0 Å². The zero-order valence-corrected chi connectivity index (χ0v) is 13.5. The lowest BCUT2D eigenvalue weighted by molar-refractivity contribution is -0.0228. The molecule has 1 atom stereocenters. The predicted octanol–water partition coefficient (Wildman–Crippen LogP) is 2.36. The molecule has 1 aromatic heterocycles. The monoisotopic (exact) mass is 311 g/mol. The Morgan fingerprint density at radius 2 is 2.00 bits per heavy atom. The first kappa shape index (κ1) is 15.5. The number of benzene rings is 1. The van der Waals surface area contributed by atoms with Crippen LogP contribution in [0.25, 0.3) is 0 Å². The van der Waals surface area contributed by atoms with Gasteiger partial charge in [-0.25, -0.2) is 4.98 Å². The highest BCUT2D eigenvalue weighted by molar-refractivity contribution is 5.98. The Morgan fingerprint density at radius 3 is 2.74 bits per heavy atom. The van der Waals surface area contributed by atoms with Gasteiger partial charge < -0.3 is 14.5 Å². The van der Waals surface area contributed by atoms with Crippen LogP contribution in [0.5, 0.6) is 0 Å². The van der Waals surface area contributed by atoms with Crippen molar-refractivity contribution in [1.82, 2.24) is 9.88 Å². The Hall–Kier alpha value is -2.40. The molecule has 1 aromatic carbocycles. The minimum atomic E-state index is -0.0756. The number of hydrogen-bond acceptors (Lipinski definition) is 4. The quantitative estimate of drug-likeness (QED) is 0.873. The molecular formula is C18H21N3O2. The van der Waals surface area contributed by atoms with Gasteiger partial charge in [0.15, 0.2) is 0 Å². The molecule has 0 spiro atoms. The maximum absolute atomic E-state index is 12.9. The number of morpholine rings is 1. The third kappa shape index (κ3) is 3.35. The number of rotatable bonds is 3. The molecule has 5 heteroatoms. The normalized spacial score (nSPS) is 17.8. The van der Waals surface area contributed by atoms with Gasteiger partial charge in [0.2, 0.25) is 0 Å². The van der Waals surface area contributed by atoms with E-state index in [1.807, 2.05) is 60.3 Å². The second-order valence-corrected chi connectivity index (χ2v) is 5.79. The second kappa shape index (κ2) is 6.79. The molecule has 1 saturated heterocycles. The summed E-state index contributed by atoms with van der Waals surface area (Å²) in [5.41, 5.74) is 1.73. The number of hydrogen-bond donors (Lipinski definition) is 0. The number of ether oxygens (including phenoxy) is 1. The van der Waals surface area contributed by atoms with Gasteiger partial charge >= 0.3 is 0 Å². The van der Waals surface area contributed by atoms with E-state index < -0.39 is 0 Å². The van der Waals surface area contributed by atoms with Crippen molar-refractivity contribution in [2.24, 2.45) is 0 Å². The maximum Gasteiger partial charge on any atom is 0.257 e. The molecule has 2 aromatic rings. The molecule has 0 saturated carbocycles. The van der Waals surface area contributed by atoms with Gasteiger partial charge in [-0.2, -0.15) is 0 Å². The predicted molar refractivity (Wildman–Crippen MR) is 89.6 cm³/mol. The largest absolute Gasteiger partial charge is 0.370 e. The van der Waals surface area contributed by atoms with Crippen LogP contribution in [0.1, 0.15) is 22.0 Å². The summed E-state index contributed by atoms with van der Waals surface area (Å²) in [5, 5.41) is 0. The molecule has 23 heavy (non-hydrogen) atoms. The first-order chi connectivity index (χ1) is 11.2. The fraction of sp³-hybridized carbons (Fsp3) is 0.333. The summed E-state index contributed by atoms with van der Waals surface area (Å²) in [6.07, 6.45) is 1.63. The summed E-state index contributed by atoms with van der Waals surface area (Å²) >= 11 is 0. The van der Waals surface area contributed by atoms with E-state index in [-0.39, 0.29) is 12.0 Å². The van der Waals surface area contributed by atoms with Crippen LogP contribution in [-0.4, -0.2) is 49.6 Å². The van der Waals surface area contributed by atoms with E-state index in [0.717, 1.165) is 5.56 Å². The lowest BCUT2D eigenvalue weighted by atomic mass is 10.1. The Morgan fingerprint density at radius 1 is 1.22 bits per heavy atom. The zero-order chi connectivity index (χ0) is 16.2. The van der Waals surface area contributed by atoms with Crippen LogP contribution >= 0.6 is 0 Å². The summed E-state index contributed by atoms with van der Waals surface area (Å²) < 4.78 is 5.84. The molecule has 0 radical (unpaired) electrons. The maximum atomic E-state index is 12.9. The van der Waals surface area contributed by atoms with Gasteiger partial charge in [-0.15, -0.1) is 0 Å². The summed E-state index contributed by atoms with van der Waals surface area (Å²) in [4.78, 5) is 20.9. The van der Waals surface area contributed by atoms with E-state index in [4.69, 9.17) is 4.74 Å². The molecule has 1 amide bonds. The highest BCUT2D eigenvalue weighted by Gasteiger charge is 2.27. The molecule has 1 fully saturated rings. The van der Waals surface area contributed by atoms with Gasteiger partial charge in [0.25, 0.3) is 5.91 Å². The van der Waals surface area contributed by atoms with Crippen molar-refractivity contribution >= 4 is 11.7 Å². The Labute approximate surface area is 136 Å². The van der Waals surface area contributed by atoms with Crippen LogP contribution in [0.15, 0.2) is 48.7 Å². The molecule has 3 rings (SSSR count). The van der Waals surface area contributed by atoms with Gasteiger partial charge in [0, 0.05) is 26.8 Å². The average Bonchev–Trinajstić information content (AvgIpc) is 2.62. The van der Waals surface area contributed by atoms with Crippen LogP contribution in [0.3, 0.4) is 0 Å². The second-order valence-electron chi connectivity index (χ2n) is 5.79. The number of nitrogens with zero attached hydrogens (tertiary/aromatic N) is 3. The lowest BCUT2D eigenvalue weighted by Crippen LogP contribution is -2.42. The topological polar surface area (TPSA) is 45.7 Å². The molecular weight excluding hydrogens is 290 g/mol. The molecule has 0 aliphatic carbocycles. The Balaban J connectivity index is 1.80. The van der Waals surface area contributed by atoms with Gasteiger partial charge in [-0.3, -0.25) is 4.79 Å². The number of amides is 1. The fourth-order valence-electron chi connectivity index (χ4n) is 2.79. The van der Waals surface area contributed by atoms with E-state index in [2.05, 4.69) is 4.98 Å². The third-order valence-electron chi connectivity index (χ3n) is 3.97. The minimum absolute atomic E-state index is 0.00558. The Bertz CT molecular complexity index is 673. The summed E-state index contributed by atoms with van der Waals surface area (Å²) in [6, 6.07) is 13.7. The number of pyridine rings is 1. The highest BCUT2D eigenvalue weighted by atomic mass is 16.5. The zero-order valence-electron chi connectivity index (χ0n) is 13.5. The van der Waals surface area contributed by atoms with Crippen molar-refractivity contribution in [2.45, 2.75) is 6.10 Å². The minimum Gasteiger partial charge on any atom is -0.370 e. The first-order valence-corrected chi connectivity index (χ1v) is 7.75. The van der Waals surface area contributed by atoms with Crippen molar-refractivity contribution in [1.29, 1.82) is 0 Å². The lowest BCUT2D eigenvalue weighted by Gasteiger charge is -2.33. The number of carbonyl (C=O) groups excluding carboxylic acids is 1. The molecule has 5 nitrogen and oxygen atoms in total. The summed E-state index contributed by atoms with van der Waals surface area (Å²) in [7, 11) is 3.79. The number of aromatic nitrogens is 1. The van der Waals surface area contributed by atoms with Gasteiger partial charge in [-0.1, -0.05) is 30.3 Å². The summed E-state index contributed by atoms with van der Waals surface area (Å²) in [5.74, 6) is 0.700. The standard InChI is InChI=1S/C18H21N3O2/c1-20(2)17-15(9-6-10-19-17)18(22)21-11-12-23-16(13-21)14-7-4-3-5-8-14/h3-10,16H,11-13H2,1-2H3. The van der Waals surface area contributed by atoms with Gasteiger partial charge in [-0.05, 0) is 17.7 Å². The molecule has 2 heterocycles. The van der Waals surface area contributed by atoms with E-state index in [9.17, 15) is 4.79 Å². The van der Waals surface area contributed by atoms with Gasteiger partial charge in [0.05, 0.1) is 18.7 Å². The van der Waals surface area contributed by atoms with Crippen molar-refractivity contribution in [2.75, 3.05) is 38.7 Å². The van der Waals surface area contributed by atoms with Crippen LogP contribution in [0.2, 0.25) is 0 Å². The number of anilines is 1. The van der Waals surface area contributed by atoms with Crippen molar-refractivity contribution in [3.63, 3.8) is 0 Å². The van der Waals surface area contributed by atoms with E-state index in [1.165, 1.54) is 0 Å². The smallest absolute Gasteiger partial charge is 0.257 e. The third-order valence-corrected chi connectivity index (χ3v) is 3.97. The van der Waals surface area contributed by atoms with Crippen molar-refractivity contribution < 1.29 is 9.53 Å². The Kier molecular flexibility index (Phi) is 4.57. The summed E-state index contributed by atoms with van der Waals surface area (Å²) in [6.45, 7) is 1.71. The van der Waals surface area contributed by atoms with Crippen LogP contribution in [0.4, 0.5) is 5.82 Å². The average molecular weight is 311 g/mol. The van der Waals surface area contributed by atoms with Crippen LogP contribution < -0.4 is 4.90 Å². The fourth-order valence-corrected chi connectivity index (χ4v) is 2.79. The molecule has 1 aliphatic rings. The molecule has 0 bridgehead atoms. The van der Waals surface area contributed by atoms with Crippen LogP contribution in [0, 0.1) is 0 Å². The molecule has 1 unspecified atom stereocenters. The van der Waals surface area contributed by atoms with Crippen LogP contribution in [-0.2, 0) is 4.74 Å². The SMILES string of the molecule is CN(C)c1ncccc1C(=O)N1CCOC(c2ccccc2)C1. The van der Waals surface area contributed by atoms with E-state index in [0.29, 0.717) is 31.1 Å². The molecule has 0 N–H and O–H groups in total. The highest BCUT2D eigenvalue weighted by Crippen LogP contribution is 2.24. The molecule has 120 valence electrons. The van der Waals surface area contributed by atoms with Gasteiger partial charge in [0.1, 0.15) is 11.9 Å². The first-order valence-electron chi connectivity index (χ1n) is 7.75. The number of carbonyl (C=O) groups is 1. The molecule has 1 aliphatic heterocycles.